The smallest absolute Gasteiger partial charge is 0.343 e. The van der Waals surface area contributed by atoms with Crippen molar-refractivity contribution in [2.75, 3.05) is 20.6 Å². The molecule has 0 saturated carbocycles. The summed E-state index contributed by atoms with van der Waals surface area (Å²) in [6.45, 7) is 2.23. The average molecular weight is 417 g/mol. The van der Waals surface area contributed by atoms with Crippen molar-refractivity contribution in [3.05, 3.63) is 76.1 Å². The van der Waals surface area contributed by atoms with E-state index in [0.717, 1.165) is 5.56 Å². The summed E-state index contributed by atoms with van der Waals surface area (Å²) in [6, 6.07) is 16.3. The van der Waals surface area contributed by atoms with Gasteiger partial charge in [0, 0.05) is 18.4 Å². The van der Waals surface area contributed by atoms with Gasteiger partial charge in [0.1, 0.15) is 11.3 Å². The Hall–Kier alpha value is -2.83. The van der Waals surface area contributed by atoms with Gasteiger partial charge in [-0.15, -0.1) is 12.4 Å². The van der Waals surface area contributed by atoms with Crippen LogP contribution in [-0.4, -0.2) is 41.6 Å². The number of nitrogens with zero attached hydrogens (tertiary/aromatic N) is 2. The summed E-state index contributed by atoms with van der Waals surface area (Å²) in [4.78, 5) is 14.9. The first-order chi connectivity index (χ1) is 13.4. The summed E-state index contributed by atoms with van der Waals surface area (Å²) < 4.78 is 5.51. The Morgan fingerprint density at radius 2 is 1.72 bits per heavy atom. The number of fused-ring (bicyclic) bond motifs is 1. The summed E-state index contributed by atoms with van der Waals surface area (Å²) >= 11 is 0. The number of para-hydroxylation sites is 1. The van der Waals surface area contributed by atoms with Crippen LogP contribution in [0.15, 0.2) is 69.0 Å². The summed E-state index contributed by atoms with van der Waals surface area (Å²) in [7, 11) is 3.81. The van der Waals surface area contributed by atoms with E-state index in [1.807, 2.05) is 49.3 Å². The SMILES string of the molecule is C/C(=N/O)C(CN(C)C)C(c1ccccc1)c1c(O)c2ccccc2oc1=O.Cl. The molecule has 29 heavy (non-hydrogen) atoms. The van der Waals surface area contributed by atoms with Gasteiger partial charge in [-0.25, -0.2) is 4.79 Å². The van der Waals surface area contributed by atoms with Crippen LogP contribution < -0.4 is 5.63 Å². The van der Waals surface area contributed by atoms with E-state index in [2.05, 4.69) is 5.16 Å². The largest absolute Gasteiger partial charge is 0.507 e. The van der Waals surface area contributed by atoms with Gasteiger partial charge in [0.25, 0.3) is 0 Å². The number of halogens is 1. The molecule has 0 saturated heterocycles. The molecular formula is C22H25ClN2O4. The van der Waals surface area contributed by atoms with Gasteiger partial charge in [0.05, 0.1) is 16.7 Å². The quantitative estimate of drug-likeness (QED) is 0.273. The second-order valence-corrected chi connectivity index (χ2v) is 7.15. The van der Waals surface area contributed by atoms with E-state index in [0.29, 0.717) is 23.2 Å². The predicted octanol–water partition coefficient (Wildman–Crippen LogP) is 4.08. The van der Waals surface area contributed by atoms with E-state index >= 15 is 0 Å². The Morgan fingerprint density at radius 3 is 2.34 bits per heavy atom. The average Bonchev–Trinajstić information content (AvgIpc) is 2.69. The monoisotopic (exact) mass is 416 g/mol. The molecule has 0 aliphatic heterocycles. The molecule has 0 bridgehead atoms. The van der Waals surface area contributed by atoms with E-state index in [1.165, 1.54) is 0 Å². The highest BCUT2D eigenvalue weighted by Crippen LogP contribution is 2.39. The van der Waals surface area contributed by atoms with E-state index in [9.17, 15) is 15.1 Å². The second-order valence-electron chi connectivity index (χ2n) is 7.15. The van der Waals surface area contributed by atoms with E-state index < -0.39 is 11.5 Å². The molecule has 7 heteroatoms. The van der Waals surface area contributed by atoms with Crippen LogP contribution in [0.5, 0.6) is 5.75 Å². The van der Waals surface area contributed by atoms with Crippen LogP contribution in [-0.2, 0) is 0 Å². The Labute approximate surface area is 175 Å². The first-order valence-corrected chi connectivity index (χ1v) is 9.07. The zero-order chi connectivity index (χ0) is 20.3. The molecule has 1 heterocycles. The van der Waals surface area contributed by atoms with Crippen molar-refractivity contribution >= 4 is 29.1 Å². The maximum Gasteiger partial charge on any atom is 0.343 e. The summed E-state index contributed by atoms with van der Waals surface area (Å²) in [5.74, 6) is -0.993. The van der Waals surface area contributed by atoms with Crippen LogP contribution in [0.25, 0.3) is 11.0 Å². The molecule has 0 fully saturated rings. The molecule has 6 nitrogen and oxygen atoms in total. The molecule has 0 radical (unpaired) electrons. The molecule has 154 valence electrons. The van der Waals surface area contributed by atoms with Crippen LogP contribution in [0, 0.1) is 5.92 Å². The minimum absolute atomic E-state index is 0. The van der Waals surface area contributed by atoms with Crippen molar-refractivity contribution < 1.29 is 14.7 Å². The Morgan fingerprint density at radius 1 is 1.10 bits per heavy atom. The van der Waals surface area contributed by atoms with E-state index in [4.69, 9.17) is 4.42 Å². The molecular weight excluding hydrogens is 392 g/mol. The summed E-state index contributed by atoms with van der Waals surface area (Å²) in [5, 5.41) is 24.4. The third kappa shape index (κ3) is 4.60. The van der Waals surface area contributed by atoms with Crippen molar-refractivity contribution in [1.29, 1.82) is 0 Å². The van der Waals surface area contributed by atoms with Gasteiger partial charge < -0.3 is 19.6 Å². The van der Waals surface area contributed by atoms with E-state index in [1.54, 1.807) is 31.2 Å². The van der Waals surface area contributed by atoms with Crippen LogP contribution in [0.2, 0.25) is 0 Å². The number of oxime groups is 1. The first-order valence-electron chi connectivity index (χ1n) is 9.07. The van der Waals surface area contributed by atoms with Crippen molar-refractivity contribution in [1.82, 2.24) is 4.90 Å². The lowest BCUT2D eigenvalue weighted by molar-refractivity contribution is 0.301. The van der Waals surface area contributed by atoms with Gasteiger partial charge >= 0.3 is 5.63 Å². The molecule has 2 aromatic carbocycles. The molecule has 2 N–H and O–H groups in total. The maximum atomic E-state index is 12.9. The lowest BCUT2D eigenvalue weighted by Gasteiger charge is -2.29. The molecule has 2 atom stereocenters. The van der Waals surface area contributed by atoms with Gasteiger partial charge in [0.15, 0.2) is 0 Å². The molecule has 3 aromatic rings. The molecule has 3 rings (SSSR count). The number of hydrogen-bond acceptors (Lipinski definition) is 6. The number of benzene rings is 2. The van der Waals surface area contributed by atoms with Crippen LogP contribution >= 0.6 is 12.4 Å². The van der Waals surface area contributed by atoms with E-state index in [-0.39, 0.29) is 29.6 Å². The van der Waals surface area contributed by atoms with Gasteiger partial charge in [-0.1, -0.05) is 47.6 Å². The fourth-order valence-corrected chi connectivity index (χ4v) is 3.63. The van der Waals surface area contributed by atoms with Crippen molar-refractivity contribution in [2.24, 2.45) is 11.1 Å². The number of hydrogen-bond donors (Lipinski definition) is 2. The predicted molar refractivity (Wildman–Crippen MR) is 117 cm³/mol. The standard InChI is InChI=1S/C22H24N2O4.ClH/c1-14(23-27)17(13-24(2)3)19(15-9-5-4-6-10-15)20-21(25)16-11-7-8-12-18(16)28-22(20)26;/h4-12,17,19,25,27H,13H2,1-3H3;1H/b23-14-;. The van der Waals surface area contributed by atoms with Gasteiger partial charge in [-0.3, -0.25) is 0 Å². The normalized spacial score (nSPS) is 13.9. The minimum atomic E-state index is -0.598. The number of rotatable bonds is 6. The second kappa shape index (κ2) is 9.58. The highest BCUT2D eigenvalue weighted by atomic mass is 35.5. The highest BCUT2D eigenvalue weighted by molar-refractivity contribution is 5.88. The topological polar surface area (TPSA) is 86.3 Å². The Kier molecular flexibility index (Phi) is 7.42. The Balaban J connectivity index is 0.00000300. The first kappa shape index (κ1) is 22.5. The van der Waals surface area contributed by atoms with Crippen molar-refractivity contribution in [2.45, 2.75) is 12.8 Å². The lowest BCUT2D eigenvalue weighted by atomic mass is 9.78. The van der Waals surface area contributed by atoms with Gasteiger partial charge in [0.2, 0.25) is 0 Å². The van der Waals surface area contributed by atoms with Crippen molar-refractivity contribution in [3.8, 4) is 5.75 Å². The third-order valence-corrected chi connectivity index (χ3v) is 4.95. The third-order valence-electron chi connectivity index (χ3n) is 4.95. The summed E-state index contributed by atoms with van der Waals surface area (Å²) in [5.41, 5.74) is 1.20. The zero-order valence-corrected chi connectivity index (χ0v) is 17.4. The maximum absolute atomic E-state index is 12.9. The molecule has 0 amide bonds. The van der Waals surface area contributed by atoms with Crippen LogP contribution in [0.4, 0.5) is 0 Å². The molecule has 2 unspecified atom stereocenters. The minimum Gasteiger partial charge on any atom is -0.507 e. The summed E-state index contributed by atoms with van der Waals surface area (Å²) in [6.07, 6.45) is 0. The highest BCUT2D eigenvalue weighted by Gasteiger charge is 2.33. The molecule has 0 spiro atoms. The molecule has 1 aromatic heterocycles. The van der Waals surface area contributed by atoms with Crippen LogP contribution in [0.3, 0.4) is 0 Å². The number of aromatic hydroxyl groups is 1. The zero-order valence-electron chi connectivity index (χ0n) is 16.6. The molecule has 0 aliphatic carbocycles. The van der Waals surface area contributed by atoms with Gasteiger partial charge in [-0.05, 0) is 38.7 Å². The van der Waals surface area contributed by atoms with Crippen molar-refractivity contribution in [3.63, 3.8) is 0 Å². The molecule has 0 aliphatic rings. The Bertz CT molecular complexity index is 1050. The van der Waals surface area contributed by atoms with Gasteiger partial charge in [-0.2, -0.15) is 0 Å². The fraction of sp³-hybridized carbons (Fsp3) is 0.273. The lowest BCUT2D eigenvalue weighted by Crippen LogP contribution is -2.34. The van der Waals surface area contributed by atoms with Crippen LogP contribution in [0.1, 0.15) is 24.0 Å². The fourth-order valence-electron chi connectivity index (χ4n) is 3.63.